The van der Waals surface area contributed by atoms with Gasteiger partial charge in [-0.15, -0.1) is 10.2 Å². The molecule has 2 aromatic heterocycles. The highest BCUT2D eigenvalue weighted by Gasteiger charge is 2.08. The minimum absolute atomic E-state index is 0.325. The van der Waals surface area contributed by atoms with Gasteiger partial charge in [0.05, 0.1) is 0 Å². The molecule has 4 nitrogen and oxygen atoms in total. The number of rotatable bonds is 3. The summed E-state index contributed by atoms with van der Waals surface area (Å²) < 4.78 is 1.95. The summed E-state index contributed by atoms with van der Waals surface area (Å²) in [5, 5.41) is 8.19. The maximum atomic E-state index is 10.4. The number of hydrogen-bond acceptors (Lipinski definition) is 3. The van der Waals surface area contributed by atoms with E-state index in [9.17, 15) is 4.79 Å². The molecule has 0 fully saturated rings. The highest BCUT2D eigenvalue weighted by molar-refractivity contribution is 5.55. The van der Waals surface area contributed by atoms with Gasteiger partial charge in [-0.2, -0.15) is 0 Å². The Morgan fingerprint density at radius 3 is 2.87 bits per heavy atom. The third kappa shape index (κ3) is 1.75. The van der Waals surface area contributed by atoms with Crippen LogP contribution >= 0.6 is 0 Å². The van der Waals surface area contributed by atoms with Gasteiger partial charge in [0.15, 0.2) is 5.65 Å². The van der Waals surface area contributed by atoms with Crippen molar-refractivity contribution >= 4 is 11.9 Å². The molecule has 15 heavy (non-hydrogen) atoms. The summed E-state index contributed by atoms with van der Waals surface area (Å²) in [7, 11) is 0. The smallest absolute Gasteiger partial charge is 0.160 e. The highest BCUT2D eigenvalue weighted by atomic mass is 16.1. The Kier molecular flexibility index (Phi) is 2.49. The lowest BCUT2D eigenvalue weighted by Gasteiger charge is -2.03. The summed E-state index contributed by atoms with van der Waals surface area (Å²) in [5.41, 5.74) is 1.81. The van der Waals surface area contributed by atoms with Crippen molar-refractivity contribution in [3.63, 3.8) is 0 Å². The molecule has 2 heterocycles. The Morgan fingerprint density at radius 2 is 2.20 bits per heavy atom. The summed E-state index contributed by atoms with van der Waals surface area (Å²) in [6, 6.07) is 3.79. The number of carbonyl (C=O) groups is 1. The predicted molar refractivity (Wildman–Crippen MR) is 56.8 cm³/mol. The molecule has 0 aliphatic carbocycles. The van der Waals surface area contributed by atoms with Crippen LogP contribution in [0.4, 0.5) is 0 Å². The van der Waals surface area contributed by atoms with Crippen molar-refractivity contribution in [2.24, 2.45) is 0 Å². The average Bonchev–Trinajstić information content (AvgIpc) is 2.61. The van der Waals surface area contributed by atoms with Gasteiger partial charge in [-0.05, 0) is 11.6 Å². The van der Waals surface area contributed by atoms with Crippen LogP contribution in [0.2, 0.25) is 0 Å². The Bertz CT molecular complexity index is 488. The van der Waals surface area contributed by atoms with Crippen LogP contribution in [0.3, 0.4) is 0 Å². The van der Waals surface area contributed by atoms with Gasteiger partial charge in [0.25, 0.3) is 0 Å². The van der Waals surface area contributed by atoms with E-state index in [0.29, 0.717) is 12.3 Å². The molecular weight excluding hydrogens is 190 g/mol. The number of carbonyl (C=O) groups excluding carboxylic acids is 1. The molecule has 0 saturated carbocycles. The molecule has 0 radical (unpaired) electrons. The summed E-state index contributed by atoms with van der Waals surface area (Å²) in [4.78, 5) is 10.4. The Morgan fingerprint density at radius 1 is 1.40 bits per heavy atom. The van der Waals surface area contributed by atoms with Gasteiger partial charge < -0.3 is 4.79 Å². The fourth-order valence-electron chi connectivity index (χ4n) is 1.56. The zero-order valence-electron chi connectivity index (χ0n) is 8.84. The molecule has 0 atom stereocenters. The Labute approximate surface area is 87.9 Å². The van der Waals surface area contributed by atoms with Crippen molar-refractivity contribution < 1.29 is 4.79 Å². The minimum Gasteiger partial charge on any atom is -0.303 e. The molecule has 78 valence electrons. The fraction of sp³-hybridized carbons (Fsp3) is 0.364. The van der Waals surface area contributed by atoms with E-state index in [1.165, 1.54) is 0 Å². The second kappa shape index (κ2) is 3.81. The van der Waals surface area contributed by atoms with Crippen LogP contribution in [-0.4, -0.2) is 20.9 Å². The molecule has 0 amide bonds. The second-order valence-electron chi connectivity index (χ2n) is 3.85. The number of hydrogen-bond donors (Lipinski definition) is 0. The van der Waals surface area contributed by atoms with E-state index in [2.05, 4.69) is 24.0 Å². The Balaban J connectivity index is 2.56. The van der Waals surface area contributed by atoms with Crippen LogP contribution in [-0.2, 0) is 11.2 Å². The molecule has 0 aliphatic rings. The topological polar surface area (TPSA) is 47.3 Å². The maximum absolute atomic E-state index is 10.4. The van der Waals surface area contributed by atoms with E-state index in [1.54, 1.807) is 0 Å². The summed E-state index contributed by atoms with van der Waals surface area (Å²) in [6.45, 7) is 4.14. The van der Waals surface area contributed by atoms with Gasteiger partial charge in [-0.25, -0.2) is 0 Å². The molecule has 0 aliphatic heterocycles. The number of aromatic nitrogens is 3. The van der Waals surface area contributed by atoms with E-state index >= 15 is 0 Å². The minimum atomic E-state index is 0.325. The zero-order chi connectivity index (χ0) is 10.8. The number of nitrogens with zero attached hydrogens (tertiary/aromatic N) is 3. The summed E-state index contributed by atoms with van der Waals surface area (Å²) in [6.07, 6.45) is 3.27. The fourth-order valence-corrected chi connectivity index (χ4v) is 1.56. The zero-order valence-corrected chi connectivity index (χ0v) is 8.84. The number of pyridine rings is 1. The lowest BCUT2D eigenvalue weighted by atomic mass is 10.2. The van der Waals surface area contributed by atoms with Crippen LogP contribution in [0.25, 0.3) is 5.65 Å². The van der Waals surface area contributed by atoms with Crippen molar-refractivity contribution in [3.05, 3.63) is 29.7 Å². The lowest BCUT2D eigenvalue weighted by molar-refractivity contribution is -0.107. The first kappa shape index (κ1) is 9.83. The van der Waals surface area contributed by atoms with Crippen LogP contribution < -0.4 is 0 Å². The van der Waals surface area contributed by atoms with Crippen LogP contribution in [0.1, 0.15) is 31.2 Å². The van der Waals surface area contributed by atoms with Gasteiger partial charge in [-0.3, -0.25) is 4.40 Å². The summed E-state index contributed by atoms with van der Waals surface area (Å²) >= 11 is 0. The van der Waals surface area contributed by atoms with Crippen LogP contribution in [0.15, 0.2) is 18.3 Å². The van der Waals surface area contributed by atoms with Gasteiger partial charge in [-0.1, -0.05) is 19.9 Å². The standard InChI is InChI=1S/C11H13N3O/c1-8(2)11-13-12-10-4-3-9(5-6-15)7-14(10)11/h3-4,6-8H,5H2,1-2H3. The molecule has 0 bridgehead atoms. The monoisotopic (exact) mass is 203 g/mol. The molecule has 0 spiro atoms. The average molecular weight is 203 g/mol. The van der Waals surface area contributed by atoms with E-state index in [0.717, 1.165) is 23.3 Å². The molecule has 0 N–H and O–H groups in total. The third-order valence-corrected chi connectivity index (χ3v) is 2.33. The van der Waals surface area contributed by atoms with Crippen molar-refractivity contribution in [2.75, 3.05) is 0 Å². The van der Waals surface area contributed by atoms with Crippen molar-refractivity contribution in [1.82, 2.24) is 14.6 Å². The third-order valence-electron chi connectivity index (χ3n) is 2.33. The van der Waals surface area contributed by atoms with Gasteiger partial charge in [0.2, 0.25) is 0 Å². The van der Waals surface area contributed by atoms with Crippen LogP contribution in [0, 0.1) is 0 Å². The molecule has 2 rings (SSSR count). The van der Waals surface area contributed by atoms with E-state index < -0.39 is 0 Å². The van der Waals surface area contributed by atoms with Gasteiger partial charge in [0, 0.05) is 18.5 Å². The molecule has 2 aromatic rings. The first-order chi connectivity index (χ1) is 7.22. The number of fused-ring (bicyclic) bond motifs is 1. The predicted octanol–water partition coefficient (Wildman–Crippen LogP) is 1.59. The van der Waals surface area contributed by atoms with E-state index in [1.807, 2.05) is 22.7 Å². The molecule has 4 heteroatoms. The van der Waals surface area contributed by atoms with Gasteiger partial charge in [0.1, 0.15) is 12.1 Å². The first-order valence-corrected chi connectivity index (χ1v) is 4.99. The van der Waals surface area contributed by atoms with E-state index in [-0.39, 0.29) is 0 Å². The maximum Gasteiger partial charge on any atom is 0.160 e. The molecule has 0 unspecified atom stereocenters. The molecular formula is C11H13N3O. The lowest BCUT2D eigenvalue weighted by Crippen LogP contribution is -1.98. The normalized spacial score (nSPS) is 11.1. The molecule has 0 saturated heterocycles. The highest BCUT2D eigenvalue weighted by Crippen LogP contribution is 2.14. The largest absolute Gasteiger partial charge is 0.303 e. The van der Waals surface area contributed by atoms with E-state index in [4.69, 9.17) is 0 Å². The van der Waals surface area contributed by atoms with Crippen LogP contribution in [0.5, 0.6) is 0 Å². The summed E-state index contributed by atoms with van der Waals surface area (Å²) in [5.74, 6) is 1.25. The van der Waals surface area contributed by atoms with Crippen molar-refractivity contribution in [3.8, 4) is 0 Å². The second-order valence-corrected chi connectivity index (χ2v) is 3.85. The first-order valence-electron chi connectivity index (χ1n) is 4.99. The SMILES string of the molecule is CC(C)c1nnc2ccc(CC=O)cn12. The molecule has 0 aromatic carbocycles. The number of aldehydes is 1. The van der Waals surface area contributed by atoms with Crippen molar-refractivity contribution in [1.29, 1.82) is 0 Å². The quantitative estimate of drug-likeness (QED) is 0.712. The van der Waals surface area contributed by atoms with Crippen molar-refractivity contribution in [2.45, 2.75) is 26.2 Å². The Hall–Kier alpha value is -1.71. The van der Waals surface area contributed by atoms with Gasteiger partial charge >= 0.3 is 0 Å².